The van der Waals surface area contributed by atoms with Crippen molar-refractivity contribution < 1.29 is 0 Å². The highest BCUT2D eigenvalue weighted by Crippen LogP contribution is 2.58. The second-order valence-electron chi connectivity index (χ2n) is 16.2. The van der Waals surface area contributed by atoms with Crippen LogP contribution in [0.25, 0.3) is 87.0 Å². The first-order valence-corrected chi connectivity index (χ1v) is 21.3. The lowest BCUT2D eigenvalue weighted by Crippen LogP contribution is -2.25. The predicted molar refractivity (Wildman–Crippen MR) is 248 cm³/mol. The number of nitrogens with zero attached hydrogens (tertiary/aromatic N) is 4. The van der Waals surface area contributed by atoms with Gasteiger partial charge in [-0.3, -0.25) is 0 Å². The number of aromatic nitrogens is 3. The summed E-state index contributed by atoms with van der Waals surface area (Å²) in [5, 5.41) is 16.3. The molecule has 5 heteroatoms. The number of thiophene rings is 1. The third-order valence-electron chi connectivity index (χ3n) is 12.7. The molecule has 3 heterocycles. The molecule has 0 fully saturated rings. The summed E-state index contributed by atoms with van der Waals surface area (Å²) >= 11 is 1.82. The first-order chi connectivity index (χ1) is 29.6. The second kappa shape index (κ2) is 13.3. The maximum absolute atomic E-state index is 11.4. The minimum atomic E-state index is -0.823. The SMILES string of the molecule is CC1(C#N)CC(c2cc(-c3ccc4sc5ccccc5c4c3)nc(-c3ccccc3)n2)=CC=C1C1c2ccccc2-c2ccc3c(c21)c1ccccc1n3-c1ccccc1. The average molecular weight is 785 g/mol. The van der Waals surface area contributed by atoms with Crippen LogP contribution in [0.15, 0.2) is 188 Å². The molecule has 0 radical (unpaired) electrons. The Labute approximate surface area is 351 Å². The van der Waals surface area contributed by atoms with Gasteiger partial charge in [0.2, 0.25) is 0 Å². The molecule has 0 N–H and O–H groups in total. The van der Waals surface area contributed by atoms with Crippen LogP contribution >= 0.6 is 11.3 Å². The standard InChI is InChI=1S/C55H36N4S/c1-55(33-56)32-36(46-31-45(57-54(58-46)34-14-4-2-5-15-34)35-25-29-50-43(30-35)39-19-11-13-23-49(39)60-50)24-27-44(55)51-40-20-9-8-18-38(40)41-26-28-48-52(53(41)51)42-21-10-12-22-47(42)59(48)37-16-6-3-7-17-37/h2-31,51H,32H2,1H3. The lowest BCUT2D eigenvalue weighted by molar-refractivity contribution is 0.513. The Morgan fingerprint density at radius 1 is 0.617 bits per heavy atom. The summed E-state index contributed by atoms with van der Waals surface area (Å²) < 4.78 is 4.92. The molecular weight excluding hydrogens is 749 g/mol. The Morgan fingerprint density at radius 2 is 1.33 bits per heavy atom. The van der Waals surface area contributed by atoms with Crippen molar-refractivity contribution in [1.29, 1.82) is 5.26 Å². The molecule has 7 aromatic carbocycles. The fourth-order valence-corrected chi connectivity index (χ4v) is 11.0. The van der Waals surface area contributed by atoms with E-state index < -0.39 is 5.41 Å². The molecule has 2 aliphatic carbocycles. The molecule has 12 rings (SSSR count). The molecule has 0 aliphatic heterocycles. The van der Waals surface area contributed by atoms with Gasteiger partial charge in [0, 0.05) is 53.7 Å². The molecular formula is C55H36N4S. The van der Waals surface area contributed by atoms with Gasteiger partial charge in [0.15, 0.2) is 5.82 Å². The number of hydrogen-bond acceptors (Lipinski definition) is 4. The van der Waals surface area contributed by atoms with Gasteiger partial charge in [-0.25, -0.2) is 9.97 Å². The van der Waals surface area contributed by atoms with Crippen LogP contribution in [0.3, 0.4) is 0 Å². The summed E-state index contributed by atoms with van der Waals surface area (Å²) in [7, 11) is 0. The fourth-order valence-electron chi connectivity index (χ4n) is 9.92. The summed E-state index contributed by atoms with van der Waals surface area (Å²) in [5.41, 5.74) is 13.5. The Bertz CT molecular complexity index is 3490. The normalized spacial score (nSPS) is 17.1. The van der Waals surface area contributed by atoms with E-state index in [4.69, 9.17) is 9.97 Å². The van der Waals surface area contributed by atoms with Gasteiger partial charge in [-0.1, -0.05) is 133 Å². The Kier molecular flexibility index (Phi) is 7.69. The fraction of sp³-hybridized carbons (Fsp3) is 0.0727. The average Bonchev–Trinajstić information content (AvgIpc) is 3.97. The zero-order valence-corrected chi connectivity index (χ0v) is 33.6. The first kappa shape index (κ1) is 34.6. The minimum Gasteiger partial charge on any atom is -0.309 e. The number of nitriles is 1. The molecule has 0 saturated carbocycles. The van der Waals surface area contributed by atoms with Crippen molar-refractivity contribution >= 4 is 58.9 Å². The summed E-state index contributed by atoms with van der Waals surface area (Å²) in [6, 6.07) is 63.2. The van der Waals surface area contributed by atoms with Crippen LogP contribution in [0.2, 0.25) is 0 Å². The van der Waals surface area contributed by atoms with Gasteiger partial charge in [-0.2, -0.15) is 5.26 Å². The number of fused-ring (bicyclic) bond motifs is 10. The van der Waals surface area contributed by atoms with Gasteiger partial charge in [0.05, 0.1) is 33.9 Å². The molecule has 282 valence electrons. The molecule has 60 heavy (non-hydrogen) atoms. The van der Waals surface area contributed by atoms with E-state index in [1.54, 1.807) is 0 Å². The van der Waals surface area contributed by atoms with Crippen molar-refractivity contribution in [2.24, 2.45) is 5.41 Å². The lowest BCUT2D eigenvalue weighted by Gasteiger charge is -2.34. The Hall–Kier alpha value is -7.39. The molecule has 2 aliphatic rings. The molecule has 0 spiro atoms. The van der Waals surface area contributed by atoms with Gasteiger partial charge < -0.3 is 4.57 Å². The number of benzene rings is 7. The van der Waals surface area contributed by atoms with Crippen LogP contribution in [0.1, 0.15) is 36.1 Å². The summed E-state index contributed by atoms with van der Waals surface area (Å²) in [4.78, 5) is 10.4. The van der Waals surface area contributed by atoms with Crippen LogP contribution in [0.5, 0.6) is 0 Å². The summed E-state index contributed by atoms with van der Waals surface area (Å²) in [5.74, 6) is 0.564. The minimum absolute atomic E-state index is 0.106. The van der Waals surface area contributed by atoms with Gasteiger partial charge in [0.1, 0.15) is 0 Å². The van der Waals surface area contributed by atoms with E-state index in [0.29, 0.717) is 12.2 Å². The van der Waals surface area contributed by atoms with E-state index in [1.165, 1.54) is 64.2 Å². The van der Waals surface area contributed by atoms with Gasteiger partial charge >= 0.3 is 0 Å². The second-order valence-corrected chi connectivity index (χ2v) is 17.3. The molecule has 10 aromatic rings. The number of rotatable bonds is 5. The number of allylic oxidation sites excluding steroid dienone is 4. The molecule has 3 aromatic heterocycles. The molecule has 0 amide bonds. The zero-order chi connectivity index (χ0) is 40.0. The lowest BCUT2D eigenvalue weighted by atomic mass is 9.67. The zero-order valence-electron chi connectivity index (χ0n) is 32.8. The monoisotopic (exact) mass is 784 g/mol. The van der Waals surface area contributed by atoms with E-state index in [0.717, 1.165) is 39.3 Å². The van der Waals surface area contributed by atoms with Gasteiger partial charge in [0.25, 0.3) is 0 Å². The summed E-state index contributed by atoms with van der Waals surface area (Å²) in [6.45, 7) is 2.12. The van der Waals surface area contributed by atoms with E-state index in [1.807, 2.05) is 29.5 Å². The largest absolute Gasteiger partial charge is 0.309 e. The third kappa shape index (κ3) is 5.21. The quantitative estimate of drug-likeness (QED) is 0.175. The highest BCUT2D eigenvalue weighted by atomic mass is 32.1. The molecule has 0 bridgehead atoms. The van der Waals surface area contributed by atoms with Crippen molar-refractivity contribution in [2.45, 2.75) is 19.3 Å². The van der Waals surface area contributed by atoms with Crippen molar-refractivity contribution in [3.8, 4) is 45.5 Å². The topological polar surface area (TPSA) is 54.5 Å². The van der Waals surface area contributed by atoms with E-state index in [9.17, 15) is 5.26 Å². The van der Waals surface area contributed by atoms with E-state index in [-0.39, 0.29) is 5.92 Å². The van der Waals surface area contributed by atoms with Crippen molar-refractivity contribution in [3.63, 3.8) is 0 Å². The molecule has 2 atom stereocenters. The molecule has 2 unspecified atom stereocenters. The highest BCUT2D eigenvalue weighted by molar-refractivity contribution is 7.25. The highest BCUT2D eigenvalue weighted by Gasteiger charge is 2.43. The van der Waals surface area contributed by atoms with Crippen molar-refractivity contribution in [3.05, 3.63) is 204 Å². The van der Waals surface area contributed by atoms with Gasteiger partial charge in [-0.15, -0.1) is 11.3 Å². The summed E-state index contributed by atoms with van der Waals surface area (Å²) in [6.07, 6.45) is 4.98. The maximum Gasteiger partial charge on any atom is 0.160 e. The smallest absolute Gasteiger partial charge is 0.160 e. The Balaban J connectivity index is 1.05. The predicted octanol–water partition coefficient (Wildman–Crippen LogP) is 14.3. The molecule has 0 saturated heterocycles. The number of para-hydroxylation sites is 2. The Morgan fingerprint density at radius 3 is 2.18 bits per heavy atom. The van der Waals surface area contributed by atoms with E-state index in [2.05, 4.69) is 181 Å². The van der Waals surface area contributed by atoms with Crippen LogP contribution in [-0.4, -0.2) is 14.5 Å². The van der Waals surface area contributed by atoms with Crippen LogP contribution in [-0.2, 0) is 0 Å². The van der Waals surface area contributed by atoms with Crippen LogP contribution in [0, 0.1) is 16.7 Å². The van der Waals surface area contributed by atoms with E-state index >= 15 is 0 Å². The first-order valence-electron chi connectivity index (χ1n) is 20.5. The van der Waals surface area contributed by atoms with Crippen molar-refractivity contribution in [2.75, 3.05) is 0 Å². The molecule has 4 nitrogen and oxygen atoms in total. The maximum atomic E-state index is 11.4. The van der Waals surface area contributed by atoms with Crippen LogP contribution < -0.4 is 0 Å². The van der Waals surface area contributed by atoms with Gasteiger partial charge in [-0.05, 0) is 95.3 Å². The van der Waals surface area contributed by atoms with Crippen molar-refractivity contribution in [1.82, 2.24) is 14.5 Å². The van der Waals surface area contributed by atoms with Crippen LogP contribution in [0.4, 0.5) is 0 Å². The number of hydrogen-bond donors (Lipinski definition) is 0. The third-order valence-corrected chi connectivity index (χ3v) is 13.9.